The number of nitrogens with one attached hydrogen (secondary N) is 1. The average Bonchev–Trinajstić information content (AvgIpc) is 2.78. The molecule has 1 N–H and O–H groups in total. The molecule has 1 heterocycles. The molecule has 2 unspecified atom stereocenters. The highest BCUT2D eigenvalue weighted by molar-refractivity contribution is 5.16. The van der Waals surface area contributed by atoms with Gasteiger partial charge >= 0.3 is 0 Å². The van der Waals surface area contributed by atoms with Gasteiger partial charge in [-0.25, -0.2) is 4.98 Å². The van der Waals surface area contributed by atoms with Crippen molar-refractivity contribution in [2.24, 2.45) is 5.92 Å². The van der Waals surface area contributed by atoms with E-state index >= 15 is 0 Å². The molecule has 3 heteroatoms. The van der Waals surface area contributed by atoms with Gasteiger partial charge in [-0.1, -0.05) is 20.3 Å². The van der Waals surface area contributed by atoms with Crippen molar-refractivity contribution < 1.29 is 0 Å². The van der Waals surface area contributed by atoms with Crippen LogP contribution in [0, 0.1) is 5.92 Å². The maximum atomic E-state index is 4.56. The zero-order valence-corrected chi connectivity index (χ0v) is 11.4. The Balaban J connectivity index is 2.09. The molecule has 0 saturated carbocycles. The van der Waals surface area contributed by atoms with E-state index in [2.05, 4.69) is 35.8 Å². The summed E-state index contributed by atoms with van der Waals surface area (Å²) in [6.45, 7) is 5.65. The molecule has 0 spiro atoms. The van der Waals surface area contributed by atoms with Gasteiger partial charge in [-0.2, -0.15) is 0 Å². The van der Waals surface area contributed by atoms with E-state index in [1.165, 1.54) is 43.5 Å². The van der Waals surface area contributed by atoms with Crippen molar-refractivity contribution in [1.29, 1.82) is 0 Å². The largest absolute Gasteiger partial charge is 0.333 e. The molecule has 17 heavy (non-hydrogen) atoms. The van der Waals surface area contributed by atoms with Crippen LogP contribution in [0.2, 0.25) is 0 Å². The van der Waals surface area contributed by atoms with Crippen LogP contribution in [0.1, 0.15) is 44.5 Å². The van der Waals surface area contributed by atoms with Gasteiger partial charge in [0, 0.05) is 18.3 Å². The Morgan fingerprint density at radius 3 is 2.88 bits per heavy atom. The monoisotopic (exact) mass is 235 g/mol. The van der Waals surface area contributed by atoms with E-state index in [1.807, 2.05) is 6.33 Å². The average molecular weight is 235 g/mol. The second kappa shape index (κ2) is 5.67. The van der Waals surface area contributed by atoms with E-state index in [9.17, 15) is 0 Å². The number of hydrogen-bond donors (Lipinski definition) is 1. The SMILES string of the molecule is CCC(C)C(Cn1cnc2c1CCCC2)NC. The van der Waals surface area contributed by atoms with Crippen LogP contribution in [0.15, 0.2) is 6.33 Å². The molecule has 0 aliphatic heterocycles. The quantitative estimate of drug-likeness (QED) is 0.849. The summed E-state index contributed by atoms with van der Waals surface area (Å²) in [5.74, 6) is 0.710. The van der Waals surface area contributed by atoms with Crippen LogP contribution in [0.5, 0.6) is 0 Å². The van der Waals surface area contributed by atoms with Crippen LogP contribution in [0.25, 0.3) is 0 Å². The standard InChI is InChI=1S/C14H25N3/c1-4-11(2)13(15-3)9-17-10-16-12-7-5-6-8-14(12)17/h10-11,13,15H,4-9H2,1-3H3. The minimum atomic E-state index is 0.556. The second-order valence-electron chi connectivity index (χ2n) is 5.28. The van der Waals surface area contributed by atoms with Gasteiger partial charge in [-0.05, 0) is 38.6 Å². The zero-order valence-electron chi connectivity index (χ0n) is 11.4. The van der Waals surface area contributed by atoms with E-state index in [1.54, 1.807) is 0 Å². The Kier molecular flexibility index (Phi) is 4.21. The predicted molar refractivity (Wildman–Crippen MR) is 71.2 cm³/mol. The highest BCUT2D eigenvalue weighted by Gasteiger charge is 2.19. The summed E-state index contributed by atoms with van der Waals surface area (Å²) in [5, 5.41) is 3.45. The fraction of sp³-hybridized carbons (Fsp3) is 0.786. The predicted octanol–water partition coefficient (Wildman–Crippen LogP) is 2.40. The molecule has 2 rings (SSSR count). The second-order valence-corrected chi connectivity index (χ2v) is 5.28. The summed E-state index contributed by atoms with van der Waals surface area (Å²) in [6.07, 6.45) is 8.30. The van der Waals surface area contributed by atoms with E-state index in [0.717, 1.165) is 6.54 Å². The molecule has 0 aromatic carbocycles. The van der Waals surface area contributed by atoms with Crippen LogP contribution in [0.4, 0.5) is 0 Å². The smallest absolute Gasteiger partial charge is 0.0952 e. The first-order chi connectivity index (χ1) is 8.26. The van der Waals surface area contributed by atoms with Gasteiger partial charge in [0.2, 0.25) is 0 Å². The van der Waals surface area contributed by atoms with Gasteiger partial charge in [-0.15, -0.1) is 0 Å². The van der Waals surface area contributed by atoms with E-state index in [-0.39, 0.29) is 0 Å². The lowest BCUT2D eigenvalue weighted by Gasteiger charge is -2.24. The summed E-state index contributed by atoms with van der Waals surface area (Å²) < 4.78 is 2.38. The molecule has 96 valence electrons. The fourth-order valence-corrected chi connectivity index (χ4v) is 2.74. The number of nitrogens with zero attached hydrogens (tertiary/aromatic N) is 2. The topological polar surface area (TPSA) is 29.9 Å². The molecule has 0 bridgehead atoms. The van der Waals surface area contributed by atoms with Crippen LogP contribution in [-0.2, 0) is 19.4 Å². The van der Waals surface area contributed by atoms with E-state index < -0.39 is 0 Å². The van der Waals surface area contributed by atoms with Crippen LogP contribution in [-0.4, -0.2) is 22.6 Å². The van der Waals surface area contributed by atoms with Gasteiger partial charge < -0.3 is 9.88 Å². The molecule has 0 radical (unpaired) electrons. The molecule has 1 aliphatic rings. The summed E-state index contributed by atoms with van der Waals surface area (Å²) in [6, 6.07) is 0.556. The van der Waals surface area contributed by atoms with E-state index in [0.29, 0.717) is 12.0 Å². The maximum absolute atomic E-state index is 4.56. The molecule has 1 aromatic heterocycles. The fourth-order valence-electron chi connectivity index (χ4n) is 2.74. The molecular weight excluding hydrogens is 210 g/mol. The third kappa shape index (κ3) is 2.71. The number of imidazole rings is 1. The number of aromatic nitrogens is 2. The van der Waals surface area contributed by atoms with Crippen molar-refractivity contribution in [2.75, 3.05) is 7.05 Å². The van der Waals surface area contributed by atoms with Crippen molar-refractivity contribution in [3.05, 3.63) is 17.7 Å². The minimum absolute atomic E-state index is 0.556. The lowest BCUT2D eigenvalue weighted by Crippen LogP contribution is -2.36. The summed E-state index contributed by atoms with van der Waals surface area (Å²) in [4.78, 5) is 4.56. The van der Waals surface area contributed by atoms with E-state index in [4.69, 9.17) is 0 Å². The molecule has 1 aliphatic carbocycles. The third-order valence-corrected chi connectivity index (χ3v) is 4.20. The van der Waals surface area contributed by atoms with Crippen LogP contribution >= 0.6 is 0 Å². The molecule has 0 saturated heterocycles. The summed E-state index contributed by atoms with van der Waals surface area (Å²) in [7, 11) is 2.07. The normalized spacial score (nSPS) is 18.8. The first-order valence-electron chi connectivity index (χ1n) is 6.96. The highest BCUT2D eigenvalue weighted by atomic mass is 15.1. The molecule has 3 nitrogen and oxygen atoms in total. The summed E-state index contributed by atoms with van der Waals surface area (Å²) >= 11 is 0. The van der Waals surface area contributed by atoms with Crippen molar-refractivity contribution in [2.45, 2.75) is 58.5 Å². The number of likely N-dealkylation sites (N-methyl/N-ethyl adjacent to an activating group) is 1. The summed E-state index contributed by atoms with van der Waals surface area (Å²) in [5.41, 5.74) is 2.83. The van der Waals surface area contributed by atoms with Gasteiger partial charge in [0.25, 0.3) is 0 Å². The van der Waals surface area contributed by atoms with Gasteiger partial charge in [-0.3, -0.25) is 0 Å². The molecule has 2 atom stereocenters. The number of hydrogen-bond acceptors (Lipinski definition) is 2. The van der Waals surface area contributed by atoms with Gasteiger partial charge in [0.15, 0.2) is 0 Å². The minimum Gasteiger partial charge on any atom is -0.333 e. The maximum Gasteiger partial charge on any atom is 0.0952 e. The Labute approximate surface area is 105 Å². The first kappa shape index (κ1) is 12.6. The molecule has 0 fully saturated rings. The number of fused-ring (bicyclic) bond motifs is 1. The van der Waals surface area contributed by atoms with Crippen molar-refractivity contribution in [3.8, 4) is 0 Å². The van der Waals surface area contributed by atoms with Crippen LogP contribution in [0.3, 0.4) is 0 Å². The lowest BCUT2D eigenvalue weighted by atomic mass is 9.98. The first-order valence-corrected chi connectivity index (χ1v) is 6.96. The van der Waals surface area contributed by atoms with Crippen molar-refractivity contribution >= 4 is 0 Å². The van der Waals surface area contributed by atoms with Crippen molar-refractivity contribution in [3.63, 3.8) is 0 Å². The molecule has 0 amide bonds. The Morgan fingerprint density at radius 2 is 2.18 bits per heavy atom. The Bertz CT molecular complexity index is 356. The van der Waals surface area contributed by atoms with Crippen molar-refractivity contribution in [1.82, 2.24) is 14.9 Å². The highest BCUT2D eigenvalue weighted by Crippen LogP contribution is 2.21. The number of aryl methyl sites for hydroxylation is 1. The Morgan fingerprint density at radius 1 is 1.41 bits per heavy atom. The molecular formula is C14H25N3. The third-order valence-electron chi connectivity index (χ3n) is 4.20. The Hall–Kier alpha value is -0.830. The molecule has 1 aromatic rings. The lowest BCUT2D eigenvalue weighted by molar-refractivity contribution is 0.343. The van der Waals surface area contributed by atoms with Gasteiger partial charge in [0.1, 0.15) is 0 Å². The zero-order chi connectivity index (χ0) is 12.3. The van der Waals surface area contributed by atoms with Crippen LogP contribution < -0.4 is 5.32 Å². The van der Waals surface area contributed by atoms with Gasteiger partial charge in [0.05, 0.1) is 12.0 Å². The number of rotatable bonds is 5.